The lowest BCUT2D eigenvalue weighted by Gasteiger charge is -2.19. The van der Waals surface area contributed by atoms with Gasteiger partial charge in [0.1, 0.15) is 0 Å². The third-order valence-corrected chi connectivity index (χ3v) is 8.25. The molecule has 2 N–H and O–H groups in total. The Morgan fingerprint density at radius 1 is 1.18 bits per heavy atom. The first-order valence-electron chi connectivity index (χ1n) is 11.3. The molecule has 9 nitrogen and oxygen atoms in total. The Bertz CT molecular complexity index is 1170. The van der Waals surface area contributed by atoms with Crippen LogP contribution < -0.4 is 10.0 Å². The molecule has 1 aromatic heterocycles. The maximum Gasteiger partial charge on any atom is 0.324 e. The van der Waals surface area contributed by atoms with Gasteiger partial charge in [-0.15, -0.1) is 11.3 Å². The number of nitrogens with one attached hydrogen (secondary N) is 2. The topological polar surface area (TPSA) is 117 Å². The third-order valence-electron chi connectivity index (χ3n) is 5.97. The molecule has 2 aliphatic rings. The number of hydrogen-bond acceptors (Lipinski definition) is 7. The second-order valence-electron chi connectivity index (χ2n) is 8.33. The van der Waals surface area contributed by atoms with Gasteiger partial charge in [0.05, 0.1) is 29.5 Å². The molecule has 1 fully saturated rings. The van der Waals surface area contributed by atoms with Crippen LogP contribution in [0, 0.1) is 0 Å². The SMILES string of the molecule is COC(=NC1CCCCC1)NS(=O)(=O)c1ccc(CCNC(=O)N2Cc3ccsc3C2=O)cc1. The van der Waals surface area contributed by atoms with E-state index in [2.05, 4.69) is 15.0 Å². The van der Waals surface area contributed by atoms with Gasteiger partial charge in [0.2, 0.25) is 0 Å². The van der Waals surface area contributed by atoms with Crippen molar-refractivity contribution in [2.45, 2.75) is 56.0 Å². The van der Waals surface area contributed by atoms with Crippen LogP contribution in [0.25, 0.3) is 0 Å². The molecule has 11 heteroatoms. The molecule has 0 unspecified atom stereocenters. The Morgan fingerprint density at radius 2 is 1.91 bits per heavy atom. The minimum absolute atomic E-state index is 0.00417. The number of amides is 3. The van der Waals surface area contributed by atoms with Crippen molar-refractivity contribution >= 4 is 39.3 Å². The highest BCUT2D eigenvalue weighted by molar-refractivity contribution is 7.90. The van der Waals surface area contributed by atoms with E-state index in [1.165, 1.54) is 41.9 Å². The second-order valence-corrected chi connectivity index (χ2v) is 10.9. The van der Waals surface area contributed by atoms with Crippen LogP contribution in [-0.4, -0.2) is 51.0 Å². The van der Waals surface area contributed by atoms with E-state index in [9.17, 15) is 18.0 Å². The van der Waals surface area contributed by atoms with Crippen molar-refractivity contribution in [3.8, 4) is 0 Å². The molecule has 3 amide bonds. The van der Waals surface area contributed by atoms with Crippen molar-refractivity contribution in [2.24, 2.45) is 4.99 Å². The van der Waals surface area contributed by atoms with E-state index in [-0.39, 0.29) is 29.4 Å². The van der Waals surface area contributed by atoms with Gasteiger partial charge in [-0.3, -0.25) is 9.69 Å². The molecule has 0 radical (unpaired) electrons. The van der Waals surface area contributed by atoms with E-state index in [1.54, 1.807) is 12.1 Å². The van der Waals surface area contributed by atoms with Gasteiger partial charge in [0.15, 0.2) is 0 Å². The molecule has 1 aromatic carbocycles. The van der Waals surface area contributed by atoms with Gasteiger partial charge in [-0.1, -0.05) is 31.4 Å². The summed E-state index contributed by atoms with van der Waals surface area (Å²) >= 11 is 1.34. The van der Waals surface area contributed by atoms with Crippen molar-refractivity contribution in [3.05, 3.63) is 51.7 Å². The van der Waals surface area contributed by atoms with Crippen LogP contribution in [0.15, 0.2) is 45.6 Å². The van der Waals surface area contributed by atoms with Gasteiger partial charge in [-0.2, -0.15) is 0 Å². The lowest BCUT2D eigenvalue weighted by molar-refractivity contribution is 0.0824. The highest BCUT2D eigenvalue weighted by Crippen LogP contribution is 2.27. The summed E-state index contributed by atoms with van der Waals surface area (Å²) in [5.41, 5.74) is 1.73. The number of methoxy groups -OCH3 is 1. The van der Waals surface area contributed by atoms with Crippen LogP contribution in [0.3, 0.4) is 0 Å². The van der Waals surface area contributed by atoms with E-state index in [1.807, 2.05) is 11.4 Å². The summed E-state index contributed by atoms with van der Waals surface area (Å²) in [7, 11) is -2.43. The molecule has 0 bridgehead atoms. The van der Waals surface area contributed by atoms with E-state index in [0.717, 1.165) is 36.8 Å². The van der Waals surface area contributed by atoms with E-state index in [4.69, 9.17) is 4.74 Å². The van der Waals surface area contributed by atoms with E-state index in [0.29, 0.717) is 17.8 Å². The molecule has 1 saturated carbocycles. The zero-order chi connectivity index (χ0) is 24.1. The number of urea groups is 1. The van der Waals surface area contributed by atoms with Crippen LogP contribution in [0.2, 0.25) is 0 Å². The van der Waals surface area contributed by atoms with Crippen molar-refractivity contribution in [2.75, 3.05) is 13.7 Å². The molecule has 4 rings (SSSR count). The lowest BCUT2D eigenvalue weighted by atomic mass is 9.96. The summed E-state index contributed by atoms with van der Waals surface area (Å²) in [4.78, 5) is 31.0. The lowest BCUT2D eigenvalue weighted by Crippen LogP contribution is -2.40. The number of hydrogen-bond donors (Lipinski definition) is 2. The standard InChI is InChI=1S/C23H28N4O5S2/c1-32-22(25-18-5-3-2-4-6-18)26-34(30,31)19-9-7-16(8-10-19)11-13-24-23(29)27-15-17-12-14-33-20(17)21(27)28/h7-10,12,14,18H,2-6,11,13,15H2,1H3,(H,24,29)(H,25,26). The molecule has 0 atom stereocenters. The summed E-state index contributed by atoms with van der Waals surface area (Å²) in [6.45, 7) is 0.610. The summed E-state index contributed by atoms with van der Waals surface area (Å²) in [6.07, 6.45) is 5.71. The third kappa shape index (κ3) is 5.58. The minimum atomic E-state index is -3.83. The summed E-state index contributed by atoms with van der Waals surface area (Å²) in [5.74, 6) is -0.271. The first kappa shape index (κ1) is 24.2. The number of thiophene rings is 1. The maximum atomic E-state index is 12.7. The van der Waals surface area contributed by atoms with Crippen molar-refractivity contribution in [1.82, 2.24) is 14.9 Å². The quantitative estimate of drug-likeness (QED) is 0.463. The molecular formula is C23H28N4O5S2. The van der Waals surface area contributed by atoms with Gasteiger partial charge < -0.3 is 10.1 Å². The zero-order valence-corrected chi connectivity index (χ0v) is 20.6. The zero-order valence-electron chi connectivity index (χ0n) is 19.0. The second kappa shape index (κ2) is 10.6. The number of aliphatic imine (C=N–C) groups is 1. The minimum Gasteiger partial charge on any atom is -0.468 e. The van der Waals surface area contributed by atoms with Crippen LogP contribution in [0.1, 0.15) is 52.9 Å². The molecule has 34 heavy (non-hydrogen) atoms. The number of sulfonamides is 1. The van der Waals surface area contributed by atoms with Gasteiger partial charge in [-0.05, 0) is 54.0 Å². The fraction of sp³-hybridized carbons (Fsp3) is 0.435. The molecular weight excluding hydrogens is 476 g/mol. The Hall–Kier alpha value is -2.92. The van der Waals surface area contributed by atoms with Crippen molar-refractivity contribution in [1.29, 1.82) is 0 Å². The first-order valence-corrected chi connectivity index (χ1v) is 13.6. The maximum absolute atomic E-state index is 12.7. The molecule has 0 saturated heterocycles. The normalized spacial score (nSPS) is 16.9. The summed E-state index contributed by atoms with van der Waals surface area (Å²) < 4.78 is 33.1. The van der Waals surface area contributed by atoms with Gasteiger partial charge in [0, 0.05) is 6.54 Å². The summed E-state index contributed by atoms with van der Waals surface area (Å²) in [5, 5.41) is 4.60. The predicted octanol–water partition coefficient (Wildman–Crippen LogP) is 3.27. The van der Waals surface area contributed by atoms with E-state index >= 15 is 0 Å². The number of amidine groups is 1. The Labute approximate surface area is 203 Å². The van der Waals surface area contributed by atoms with Crippen LogP contribution >= 0.6 is 11.3 Å². The largest absolute Gasteiger partial charge is 0.468 e. The van der Waals surface area contributed by atoms with Crippen molar-refractivity contribution < 1.29 is 22.7 Å². The van der Waals surface area contributed by atoms with Gasteiger partial charge in [0.25, 0.3) is 22.0 Å². The monoisotopic (exact) mass is 504 g/mol. The number of nitrogens with zero attached hydrogens (tertiary/aromatic N) is 2. The summed E-state index contributed by atoms with van der Waals surface area (Å²) in [6, 6.07) is 7.92. The predicted molar refractivity (Wildman–Crippen MR) is 129 cm³/mol. The molecule has 1 aliphatic carbocycles. The molecule has 2 heterocycles. The number of rotatable bonds is 6. The van der Waals surface area contributed by atoms with Crippen LogP contribution in [-0.2, 0) is 27.7 Å². The Balaban J connectivity index is 1.29. The number of carbonyl (C=O) groups excluding carboxylic acids is 2. The molecule has 1 aliphatic heterocycles. The Morgan fingerprint density at radius 3 is 2.59 bits per heavy atom. The number of fused-ring (bicyclic) bond motifs is 1. The van der Waals surface area contributed by atoms with Crippen molar-refractivity contribution in [3.63, 3.8) is 0 Å². The number of ether oxygens (including phenoxy) is 1. The molecule has 2 aromatic rings. The smallest absolute Gasteiger partial charge is 0.324 e. The fourth-order valence-electron chi connectivity index (χ4n) is 4.09. The average molecular weight is 505 g/mol. The Kier molecular flexibility index (Phi) is 7.52. The van der Waals surface area contributed by atoms with Crippen LogP contribution in [0.4, 0.5) is 4.79 Å². The van der Waals surface area contributed by atoms with Gasteiger partial charge in [-0.25, -0.2) is 22.9 Å². The number of imide groups is 1. The average Bonchev–Trinajstić information content (AvgIpc) is 3.42. The highest BCUT2D eigenvalue weighted by atomic mass is 32.2. The highest BCUT2D eigenvalue weighted by Gasteiger charge is 2.32. The van der Waals surface area contributed by atoms with Crippen LogP contribution in [0.5, 0.6) is 0 Å². The molecule has 182 valence electrons. The fourth-order valence-corrected chi connectivity index (χ4v) is 5.93. The number of benzene rings is 1. The first-order chi connectivity index (χ1) is 16.4. The number of carbonyl (C=O) groups is 2. The van der Waals surface area contributed by atoms with E-state index < -0.39 is 16.1 Å². The van der Waals surface area contributed by atoms with Gasteiger partial charge >= 0.3 is 6.03 Å². The molecule has 0 spiro atoms.